The van der Waals surface area contributed by atoms with Crippen molar-refractivity contribution in [3.05, 3.63) is 83.4 Å². The van der Waals surface area contributed by atoms with Gasteiger partial charge in [0.25, 0.3) is 0 Å². The summed E-state index contributed by atoms with van der Waals surface area (Å²) in [6, 6.07) is 19.6. The Morgan fingerprint density at radius 1 is 0.808 bits per heavy atom. The fourth-order valence-electron chi connectivity index (χ4n) is 3.43. The van der Waals surface area contributed by atoms with E-state index < -0.39 is 24.4 Å². The lowest BCUT2D eigenvalue weighted by Gasteiger charge is -2.35. The maximum atomic E-state index is 10.3. The van der Waals surface area contributed by atoms with Crippen LogP contribution in [0.1, 0.15) is 17.0 Å². The fourth-order valence-corrected chi connectivity index (χ4v) is 3.43. The summed E-state index contributed by atoms with van der Waals surface area (Å²) in [5.41, 5.74) is 2.60. The quantitative estimate of drug-likeness (QED) is 0.494. The summed E-state index contributed by atoms with van der Waals surface area (Å²) in [4.78, 5) is 0. The van der Waals surface area contributed by atoms with Crippen LogP contribution in [0, 0.1) is 0 Å². The number of rotatable bonds is 6. The molecule has 0 saturated heterocycles. The van der Waals surface area contributed by atoms with Crippen LogP contribution in [0.4, 0.5) is 0 Å². The van der Waals surface area contributed by atoms with E-state index in [1.165, 1.54) is 0 Å². The molecule has 26 heavy (non-hydrogen) atoms. The molecule has 0 aliphatic heterocycles. The van der Waals surface area contributed by atoms with Gasteiger partial charge in [0.05, 0.1) is 12.6 Å². The molecule has 2 aromatic rings. The van der Waals surface area contributed by atoms with Gasteiger partial charge in [-0.2, -0.15) is 0 Å². The summed E-state index contributed by atoms with van der Waals surface area (Å²) in [5, 5.41) is 42.8. The molecule has 0 amide bonds. The molecule has 138 valence electrons. The van der Waals surface area contributed by atoms with Crippen LogP contribution in [-0.2, 0) is 0 Å². The van der Waals surface area contributed by atoms with Crippen molar-refractivity contribution in [1.29, 1.82) is 0 Å². The van der Waals surface area contributed by atoms with Crippen molar-refractivity contribution < 1.29 is 20.4 Å². The van der Waals surface area contributed by atoms with E-state index in [4.69, 9.17) is 0 Å². The lowest BCUT2D eigenvalue weighted by molar-refractivity contribution is -0.0641. The summed E-state index contributed by atoms with van der Waals surface area (Å²) in [7, 11) is 0. The van der Waals surface area contributed by atoms with E-state index in [0.717, 1.165) is 11.1 Å². The summed E-state index contributed by atoms with van der Waals surface area (Å²) < 4.78 is 0. The van der Waals surface area contributed by atoms with Crippen LogP contribution in [0.2, 0.25) is 0 Å². The number of hydrogen-bond donors (Lipinski definition) is 5. The predicted octanol–water partition coefficient (Wildman–Crippen LogP) is 0.792. The molecule has 0 aromatic heterocycles. The summed E-state index contributed by atoms with van der Waals surface area (Å²) in [6.07, 6.45) is -2.11. The van der Waals surface area contributed by atoms with Crippen LogP contribution >= 0.6 is 0 Å². The molecule has 0 spiro atoms. The zero-order valence-electron chi connectivity index (χ0n) is 14.4. The first-order chi connectivity index (χ1) is 12.6. The first-order valence-electron chi connectivity index (χ1n) is 8.80. The lowest BCUT2D eigenvalue weighted by Crippen LogP contribution is -2.54. The highest BCUT2D eigenvalue weighted by Crippen LogP contribution is 2.25. The number of aliphatic hydroxyl groups is 4. The van der Waals surface area contributed by atoms with Crippen molar-refractivity contribution in [3.8, 4) is 0 Å². The van der Waals surface area contributed by atoms with Gasteiger partial charge >= 0.3 is 0 Å². The molecule has 0 heterocycles. The second-order valence-corrected chi connectivity index (χ2v) is 6.63. The maximum absolute atomic E-state index is 10.3. The minimum absolute atomic E-state index is 0.0690. The Hall–Kier alpha value is -2.02. The van der Waals surface area contributed by atoms with Gasteiger partial charge in [-0.05, 0) is 16.7 Å². The molecular weight excluding hydrogens is 330 g/mol. The van der Waals surface area contributed by atoms with E-state index in [1.807, 2.05) is 36.4 Å². The minimum Gasteiger partial charge on any atom is -0.392 e. The van der Waals surface area contributed by atoms with Gasteiger partial charge in [-0.1, -0.05) is 66.7 Å². The molecule has 0 radical (unpaired) electrons. The molecule has 0 saturated carbocycles. The number of nitrogens with one attached hydrogen (secondary N) is 1. The Labute approximate surface area is 153 Å². The summed E-state index contributed by atoms with van der Waals surface area (Å²) >= 11 is 0. The van der Waals surface area contributed by atoms with Gasteiger partial charge in [0, 0.05) is 12.5 Å². The van der Waals surface area contributed by atoms with E-state index in [-0.39, 0.29) is 12.5 Å². The van der Waals surface area contributed by atoms with Crippen LogP contribution in [0.5, 0.6) is 0 Å². The SMILES string of the molecule is OCC1=C[C@H](NCC(c2ccccc2)c2ccccc2)[C@H](O)C(O)[C@@H]1O. The van der Waals surface area contributed by atoms with Crippen molar-refractivity contribution in [2.45, 2.75) is 30.3 Å². The fraction of sp³-hybridized carbons (Fsp3) is 0.333. The topological polar surface area (TPSA) is 93.0 Å². The molecule has 3 rings (SSSR count). The van der Waals surface area contributed by atoms with Gasteiger partial charge in [-0.25, -0.2) is 0 Å². The van der Waals surface area contributed by atoms with Crippen molar-refractivity contribution in [3.63, 3.8) is 0 Å². The van der Waals surface area contributed by atoms with Gasteiger partial charge in [-0.3, -0.25) is 0 Å². The maximum Gasteiger partial charge on any atom is 0.111 e. The third-order valence-electron chi connectivity index (χ3n) is 4.96. The van der Waals surface area contributed by atoms with Gasteiger partial charge in [0.15, 0.2) is 0 Å². The van der Waals surface area contributed by atoms with Crippen LogP contribution in [0.3, 0.4) is 0 Å². The molecule has 5 N–H and O–H groups in total. The van der Waals surface area contributed by atoms with E-state index in [0.29, 0.717) is 12.1 Å². The number of benzene rings is 2. The standard InChI is InChI=1S/C21H25NO4/c23-13-16-11-18(20(25)21(26)19(16)24)22-12-17(14-7-3-1-4-8-14)15-9-5-2-6-10-15/h1-11,17-26H,12-13H2/t18-,19+,20-,21?/m0/s1. The Bertz CT molecular complexity index is 680. The molecule has 1 aliphatic carbocycles. The second kappa shape index (κ2) is 8.58. The Morgan fingerprint density at radius 3 is 1.85 bits per heavy atom. The van der Waals surface area contributed by atoms with Gasteiger partial charge in [0.1, 0.15) is 18.3 Å². The van der Waals surface area contributed by atoms with Gasteiger partial charge < -0.3 is 25.7 Å². The first kappa shape index (κ1) is 18.8. The average Bonchev–Trinajstić information content (AvgIpc) is 2.69. The normalized spacial score (nSPS) is 26.0. The summed E-state index contributed by atoms with van der Waals surface area (Å²) in [6.45, 7) is 0.178. The van der Waals surface area contributed by atoms with E-state index in [9.17, 15) is 20.4 Å². The molecule has 4 atom stereocenters. The number of hydrogen-bond acceptors (Lipinski definition) is 5. The Kier molecular flexibility index (Phi) is 6.19. The molecule has 5 nitrogen and oxygen atoms in total. The summed E-state index contributed by atoms with van der Waals surface area (Å²) in [5.74, 6) is 0.0690. The highest BCUT2D eigenvalue weighted by molar-refractivity contribution is 5.33. The van der Waals surface area contributed by atoms with Crippen LogP contribution in [0.15, 0.2) is 72.3 Å². The monoisotopic (exact) mass is 355 g/mol. The van der Waals surface area contributed by atoms with Crippen molar-refractivity contribution in [2.75, 3.05) is 13.2 Å². The molecule has 0 bridgehead atoms. The van der Waals surface area contributed by atoms with Crippen molar-refractivity contribution in [2.24, 2.45) is 0 Å². The van der Waals surface area contributed by atoms with Gasteiger partial charge in [-0.15, -0.1) is 0 Å². The van der Waals surface area contributed by atoms with Gasteiger partial charge in [0.2, 0.25) is 0 Å². The van der Waals surface area contributed by atoms with Crippen LogP contribution < -0.4 is 5.32 Å². The third-order valence-corrected chi connectivity index (χ3v) is 4.96. The third kappa shape index (κ3) is 4.03. The molecular formula is C21H25NO4. The first-order valence-corrected chi connectivity index (χ1v) is 8.80. The van der Waals surface area contributed by atoms with Crippen molar-refractivity contribution in [1.82, 2.24) is 5.32 Å². The van der Waals surface area contributed by atoms with Crippen LogP contribution in [0.25, 0.3) is 0 Å². The average molecular weight is 355 g/mol. The molecule has 1 unspecified atom stereocenters. The van der Waals surface area contributed by atoms with E-state index in [2.05, 4.69) is 29.6 Å². The zero-order chi connectivity index (χ0) is 18.5. The van der Waals surface area contributed by atoms with E-state index >= 15 is 0 Å². The highest BCUT2D eigenvalue weighted by atomic mass is 16.4. The molecule has 2 aromatic carbocycles. The van der Waals surface area contributed by atoms with Crippen molar-refractivity contribution >= 4 is 0 Å². The molecule has 0 fully saturated rings. The smallest absolute Gasteiger partial charge is 0.111 e. The number of aliphatic hydroxyl groups excluding tert-OH is 4. The Balaban J connectivity index is 1.81. The highest BCUT2D eigenvalue weighted by Gasteiger charge is 2.37. The van der Waals surface area contributed by atoms with E-state index in [1.54, 1.807) is 6.08 Å². The lowest BCUT2D eigenvalue weighted by atomic mass is 9.87. The predicted molar refractivity (Wildman–Crippen MR) is 99.7 cm³/mol. The second-order valence-electron chi connectivity index (χ2n) is 6.63. The van der Waals surface area contributed by atoms with Crippen LogP contribution in [-0.4, -0.2) is 57.9 Å². The molecule has 1 aliphatic rings. The minimum atomic E-state index is -1.33. The largest absolute Gasteiger partial charge is 0.392 e. The Morgan fingerprint density at radius 2 is 1.35 bits per heavy atom. The molecule has 5 heteroatoms. The zero-order valence-corrected chi connectivity index (χ0v) is 14.4.